The van der Waals surface area contributed by atoms with Gasteiger partial charge in [0, 0.05) is 15.6 Å². The minimum Gasteiger partial charge on any atom is -0.289 e. The Bertz CT molecular complexity index is 855. The van der Waals surface area contributed by atoms with Crippen LogP contribution in [0.2, 0.25) is 5.02 Å². The molecule has 0 aromatic heterocycles. The fraction of sp³-hybridized carbons (Fsp3) is 0.0556. The maximum Gasteiger partial charge on any atom is 0.193 e. The normalized spacial score (nSPS) is 10.8. The van der Waals surface area contributed by atoms with Gasteiger partial charge in [-0.15, -0.1) is 0 Å². The van der Waals surface area contributed by atoms with E-state index in [1.807, 2.05) is 43.3 Å². The molecule has 3 rings (SSSR count). The van der Waals surface area contributed by atoms with Gasteiger partial charge in [0.1, 0.15) is 0 Å². The summed E-state index contributed by atoms with van der Waals surface area (Å²) in [6, 6.07) is 17.2. The molecule has 3 heteroatoms. The van der Waals surface area contributed by atoms with Gasteiger partial charge in [-0.05, 0) is 57.4 Å². The number of rotatable bonds is 2. The molecule has 3 aromatic carbocycles. The second-order valence-electron chi connectivity index (χ2n) is 4.94. The van der Waals surface area contributed by atoms with Crippen molar-refractivity contribution >= 4 is 44.1 Å². The monoisotopic (exact) mass is 358 g/mol. The van der Waals surface area contributed by atoms with E-state index in [1.165, 1.54) is 0 Å². The van der Waals surface area contributed by atoms with Crippen molar-refractivity contribution in [3.05, 3.63) is 80.8 Å². The first kappa shape index (κ1) is 14.3. The first-order chi connectivity index (χ1) is 10.1. The smallest absolute Gasteiger partial charge is 0.193 e. The summed E-state index contributed by atoms with van der Waals surface area (Å²) in [4.78, 5) is 12.9. The molecule has 0 aliphatic carbocycles. The van der Waals surface area contributed by atoms with Crippen LogP contribution < -0.4 is 0 Å². The highest BCUT2D eigenvalue weighted by molar-refractivity contribution is 9.10. The number of ketones is 1. The predicted octanol–water partition coefficient (Wildman–Crippen LogP) is 5.80. The van der Waals surface area contributed by atoms with Crippen LogP contribution in [0.5, 0.6) is 0 Å². The largest absolute Gasteiger partial charge is 0.289 e. The van der Waals surface area contributed by atoms with Crippen molar-refractivity contribution in [3.8, 4) is 0 Å². The van der Waals surface area contributed by atoms with Crippen molar-refractivity contribution in [2.24, 2.45) is 0 Å². The van der Waals surface area contributed by atoms with E-state index in [4.69, 9.17) is 11.6 Å². The quantitative estimate of drug-likeness (QED) is 0.529. The van der Waals surface area contributed by atoms with Gasteiger partial charge >= 0.3 is 0 Å². The second-order valence-corrected chi connectivity index (χ2v) is 6.20. The van der Waals surface area contributed by atoms with Gasteiger partial charge in [0.15, 0.2) is 5.78 Å². The van der Waals surface area contributed by atoms with Crippen LogP contribution in [0.4, 0.5) is 0 Å². The Morgan fingerprint density at radius 3 is 2.57 bits per heavy atom. The van der Waals surface area contributed by atoms with Crippen LogP contribution in [0, 0.1) is 6.92 Å². The average Bonchev–Trinajstić information content (AvgIpc) is 2.49. The van der Waals surface area contributed by atoms with E-state index >= 15 is 0 Å². The summed E-state index contributed by atoms with van der Waals surface area (Å²) in [5, 5.41) is 2.65. The topological polar surface area (TPSA) is 17.1 Å². The molecule has 21 heavy (non-hydrogen) atoms. The number of hydrogen-bond acceptors (Lipinski definition) is 1. The van der Waals surface area contributed by atoms with E-state index in [0.29, 0.717) is 10.6 Å². The molecule has 3 aromatic rings. The molecular formula is C18H12BrClO. The lowest BCUT2D eigenvalue weighted by Gasteiger charge is -2.10. The minimum absolute atomic E-state index is 0.0154. The van der Waals surface area contributed by atoms with Crippen molar-refractivity contribution in [3.63, 3.8) is 0 Å². The zero-order valence-electron chi connectivity index (χ0n) is 11.4. The average molecular weight is 360 g/mol. The van der Waals surface area contributed by atoms with Gasteiger partial charge in [0.2, 0.25) is 0 Å². The highest BCUT2D eigenvalue weighted by Gasteiger charge is 2.16. The fourth-order valence-electron chi connectivity index (χ4n) is 2.46. The number of carbonyl (C=O) groups excluding carboxylic acids is 1. The maximum absolute atomic E-state index is 12.9. The lowest BCUT2D eigenvalue weighted by atomic mass is 9.93. The zero-order valence-corrected chi connectivity index (χ0v) is 13.7. The van der Waals surface area contributed by atoms with Gasteiger partial charge in [0.25, 0.3) is 0 Å². The number of carbonyl (C=O) groups is 1. The Labute approximate surface area is 136 Å². The van der Waals surface area contributed by atoms with Crippen LogP contribution in [0.15, 0.2) is 59.1 Å². The molecule has 1 nitrogen and oxygen atoms in total. The van der Waals surface area contributed by atoms with Crippen molar-refractivity contribution in [2.45, 2.75) is 6.92 Å². The predicted molar refractivity (Wildman–Crippen MR) is 91.3 cm³/mol. The van der Waals surface area contributed by atoms with Gasteiger partial charge in [-0.1, -0.05) is 48.0 Å². The standard InChI is InChI=1S/C18H12BrClO/c1-11-6-7-12-4-2-3-5-14(12)17(11)18(21)13-8-9-16(20)15(19)10-13/h2-10H,1H3. The SMILES string of the molecule is Cc1ccc2ccccc2c1C(=O)c1ccc(Cl)c(Br)c1. The highest BCUT2D eigenvalue weighted by Crippen LogP contribution is 2.28. The van der Waals surface area contributed by atoms with Crippen LogP contribution in [-0.2, 0) is 0 Å². The number of halogens is 2. The van der Waals surface area contributed by atoms with Gasteiger partial charge < -0.3 is 0 Å². The van der Waals surface area contributed by atoms with Crippen molar-refractivity contribution < 1.29 is 4.79 Å². The summed E-state index contributed by atoms with van der Waals surface area (Å²) in [7, 11) is 0. The molecule has 0 fully saturated rings. The third-order valence-electron chi connectivity index (χ3n) is 3.55. The maximum atomic E-state index is 12.9. The van der Waals surface area contributed by atoms with Crippen molar-refractivity contribution in [2.75, 3.05) is 0 Å². The van der Waals surface area contributed by atoms with Crippen LogP contribution in [0.25, 0.3) is 10.8 Å². The molecule has 0 heterocycles. The van der Waals surface area contributed by atoms with Crippen molar-refractivity contribution in [1.82, 2.24) is 0 Å². The molecule has 0 N–H and O–H groups in total. The molecule has 0 unspecified atom stereocenters. The molecule has 0 aliphatic rings. The Kier molecular flexibility index (Phi) is 3.83. The number of hydrogen-bond donors (Lipinski definition) is 0. The summed E-state index contributed by atoms with van der Waals surface area (Å²) >= 11 is 9.37. The zero-order chi connectivity index (χ0) is 15.0. The Balaban J connectivity index is 2.21. The Hall–Kier alpha value is -1.64. The van der Waals surface area contributed by atoms with Crippen LogP contribution >= 0.6 is 27.5 Å². The molecule has 0 aliphatic heterocycles. The lowest BCUT2D eigenvalue weighted by molar-refractivity contribution is 0.103. The third kappa shape index (κ3) is 2.61. The number of fused-ring (bicyclic) bond motifs is 1. The summed E-state index contributed by atoms with van der Waals surface area (Å²) in [5.74, 6) is 0.0154. The van der Waals surface area contributed by atoms with E-state index in [1.54, 1.807) is 18.2 Å². The van der Waals surface area contributed by atoms with E-state index in [-0.39, 0.29) is 5.78 Å². The number of benzene rings is 3. The summed E-state index contributed by atoms with van der Waals surface area (Å²) in [5.41, 5.74) is 2.36. The van der Waals surface area contributed by atoms with Gasteiger partial charge in [-0.25, -0.2) is 0 Å². The van der Waals surface area contributed by atoms with Gasteiger partial charge in [-0.3, -0.25) is 4.79 Å². The Morgan fingerprint density at radius 1 is 1.05 bits per heavy atom. The third-order valence-corrected chi connectivity index (χ3v) is 4.76. The summed E-state index contributed by atoms with van der Waals surface area (Å²) in [6.45, 7) is 1.96. The highest BCUT2D eigenvalue weighted by atomic mass is 79.9. The molecule has 0 amide bonds. The molecule has 0 radical (unpaired) electrons. The van der Waals surface area contributed by atoms with Crippen LogP contribution in [0.1, 0.15) is 21.5 Å². The van der Waals surface area contributed by atoms with E-state index in [2.05, 4.69) is 15.9 Å². The summed E-state index contributed by atoms with van der Waals surface area (Å²) in [6.07, 6.45) is 0. The lowest BCUT2D eigenvalue weighted by Crippen LogP contribution is -2.05. The molecule has 0 bridgehead atoms. The second kappa shape index (κ2) is 5.63. The van der Waals surface area contributed by atoms with Crippen molar-refractivity contribution in [1.29, 1.82) is 0 Å². The molecule has 0 atom stereocenters. The minimum atomic E-state index is 0.0154. The van der Waals surface area contributed by atoms with E-state index < -0.39 is 0 Å². The van der Waals surface area contributed by atoms with Gasteiger partial charge in [-0.2, -0.15) is 0 Å². The molecule has 0 spiro atoms. The molecule has 0 saturated carbocycles. The first-order valence-electron chi connectivity index (χ1n) is 6.56. The first-order valence-corrected chi connectivity index (χ1v) is 7.73. The van der Waals surface area contributed by atoms with E-state index in [0.717, 1.165) is 26.4 Å². The fourth-order valence-corrected chi connectivity index (χ4v) is 2.96. The van der Waals surface area contributed by atoms with Gasteiger partial charge in [0.05, 0.1) is 5.02 Å². The molecule has 104 valence electrons. The molecular weight excluding hydrogens is 348 g/mol. The molecule has 0 saturated heterocycles. The number of aryl methyl sites for hydroxylation is 1. The Morgan fingerprint density at radius 2 is 1.81 bits per heavy atom. The van der Waals surface area contributed by atoms with Crippen LogP contribution in [0.3, 0.4) is 0 Å². The van der Waals surface area contributed by atoms with Crippen LogP contribution in [-0.4, -0.2) is 5.78 Å². The van der Waals surface area contributed by atoms with E-state index in [9.17, 15) is 4.79 Å². The summed E-state index contributed by atoms with van der Waals surface area (Å²) < 4.78 is 0.730.